The zero-order valence-electron chi connectivity index (χ0n) is 23.3. The molecule has 0 aliphatic carbocycles. The van der Waals surface area contributed by atoms with Gasteiger partial charge in [0, 0.05) is 24.2 Å². The van der Waals surface area contributed by atoms with Gasteiger partial charge in [-0.25, -0.2) is 9.88 Å². The van der Waals surface area contributed by atoms with Crippen molar-refractivity contribution in [2.45, 2.75) is 60.1 Å². The summed E-state index contributed by atoms with van der Waals surface area (Å²) in [4.78, 5) is 24.3. The molecular weight excluding hydrogens is 519 g/mol. The molecule has 39 heavy (non-hydrogen) atoms. The maximum Gasteiger partial charge on any atom is 0.342 e. The van der Waals surface area contributed by atoms with Crippen LogP contribution in [0.2, 0.25) is 0 Å². The molecular formula is C29H39N2O7P. The van der Waals surface area contributed by atoms with E-state index < -0.39 is 25.5 Å². The third-order valence-corrected chi connectivity index (χ3v) is 8.77. The summed E-state index contributed by atoms with van der Waals surface area (Å²) in [5.41, 5.74) is 4.83. The van der Waals surface area contributed by atoms with Crippen molar-refractivity contribution in [2.24, 2.45) is 0 Å². The lowest BCUT2D eigenvalue weighted by Crippen LogP contribution is -2.36. The van der Waals surface area contributed by atoms with Gasteiger partial charge in [-0.2, -0.15) is 0 Å². The van der Waals surface area contributed by atoms with Crippen molar-refractivity contribution in [3.63, 3.8) is 0 Å². The van der Waals surface area contributed by atoms with E-state index in [2.05, 4.69) is 10.4 Å². The lowest BCUT2D eigenvalue weighted by atomic mass is 9.89. The van der Waals surface area contributed by atoms with Crippen LogP contribution in [0.4, 0.5) is 0 Å². The largest absolute Gasteiger partial charge is 0.507 e. The molecule has 3 N–H and O–H groups in total. The summed E-state index contributed by atoms with van der Waals surface area (Å²) in [7, 11) is -3.44. The lowest BCUT2D eigenvalue weighted by molar-refractivity contribution is -0.144. The van der Waals surface area contributed by atoms with Gasteiger partial charge in [-0.15, -0.1) is 0 Å². The van der Waals surface area contributed by atoms with Crippen LogP contribution in [-0.2, 0) is 38.3 Å². The Morgan fingerprint density at radius 3 is 2.62 bits per heavy atom. The molecule has 10 heteroatoms. The summed E-state index contributed by atoms with van der Waals surface area (Å²) in [6.45, 7) is 10.6. The van der Waals surface area contributed by atoms with Crippen LogP contribution >= 0.6 is 7.52 Å². The quantitative estimate of drug-likeness (QED) is 0.130. The number of allylic oxidation sites excluding steroid dienone is 1. The van der Waals surface area contributed by atoms with Gasteiger partial charge in [0.1, 0.15) is 29.7 Å². The number of hydrogen-bond acceptors (Lipinski definition) is 8. The molecule has 0 amide bonds. The fourth-order valence-corrected chi connectivity index (χ4v) is 6.49. The summed E-state index contributed by atoms with van der Waals surface area (Å²) in [5.74, 6) is -0.524. The van der Waals surface area contributed by atoms with Gasteiger partial charge in [0.15, 0.2) is 0 Å². The summed E-state index contributed by atoms with van der Waals surface area (Å²) in [6.07, 6.45) is 3.35. The third kappa shape index (κ3) is 7.72. The highest BCUT2D eigenvalue weighted by Crippen LogP contribution is 2.43. The first-order valence-electron chi connectivity index (χ1n) is 13.3. The fraction of sp³-hybridized carbons (Fsp3) is 0.448. The van der Waals surface area contributed by atoms with E-state index in [9.17, 15) is 19.3 Å². The van der Waals surface area contributed by atoms with Gasteiger partial charge in [-0.1, -0.05) is 36.8 Å². The molecule has 212 valence electrons. The summed E-state index contributed by atoms with van der Waals surface area (Å²) in [6, 6.07) is 8.03. The van der Waals surface area contributed by atoms with E-state index in [1.807, 2.05) is 32.9 Å². The van der Waals surface area contributed by atoms with Crippen molar-refractivity contribution in [2.75, 3.05) is 25.9 Å². The van der Waals surface area contributed by atoms with Crippen molar-refractivity contribution in [1.82, 2.24) is 10.4 Å². The standard InChI is InChI=1S/C29H39N2O7P/c1-6-23-20(4)25-18-37-29(34)26(25)27(32)24(23)14-13-19(3)17-30-15-16-39(35,31-21(5)28(33)36-7-2)38-22-11-9-8-10-12-22/h8-13,21,30,32H,6-7,14-18H2,1-5H3,(H,31,35)/b19-13+. The second kappa shape index (κ2) is 13.8. The zero-order chi connectivity index (χ0) is 28.6. The van der Waals surface area contributed by atoms with Gasteiger partial charge in [0.25, 0.3) is 0 Å². The number of carbonyl (C=O) groups is 2. The minimum absolute atomic E-state index is 0.00718. The maximum absolute atomic E-state index is 13.7. The van der Waals surface area contributed by atoms with Crippen LogP contribution in [-0.4, -0.2) is 48.9 Å². The van der Waals surface area contributed by atoms with Crippen molar-refractivity contribution >= 4 is 19.5 Å². The predicted octanol–water partition coefficient (Wildman–Crippen LogP) is 4.83. The molecule has 0 aromatic heterocycles. The molecule has 2 aromatic carbocycles. The molecule has 9 nitrogen and oxygen atoms in total. The molecule has 2 unspecified atom stereocenters. The Labute approximate surface area is 230 Å². The number of fused-ring (bicyclic) bond motifs is 1. The highest BCUT2D eigenvalue weighted by atomic mass is 31.2. The summed E-state index contributed by atoms with van der Waals surface area (Å²) >= 11 is 0. The number of carbonyl (C=O) groups excluding carboxylic acids is 2. The van der Waals surface area contributed by atoms with E-state index in [1.54, 1.807) is 38.1 Å². The Morgan fingerprint density at radius 2 is 1.95 bits per heavy atom. The Balaban J connectivity index is 1.64. The van der Waals surface area contributed by atoms with Crippen LogP contribution in [0, 0.1) is 6.92 Å². The zero-order valence-corrected chi connectivity index (χ0v) is 24.2. The first-order valence-corrected chi connectivity index (χ1v) is 15.1. The van der Waals surface area contributed by atoms with Gasteiger partial charge in [-0.3, -0.25) is 9.36 Å². The number of rotatable bonds is 14. The monoisotopic (exact) mass is 558 g/mol. The van der Waals surface area contributed by atoms with Crippen molar-refractivity contribution < 1.29 is 33.3 Å². The van der Waals surface area contributed by atoms with Gasteiger partial charge in [0.2, 0.25) is 0 Å². The molecule has 1 aliphatic rings. The molecule has 1 aliphatic heterocycles. The predicted molar refractivity (Wildman–Crippen MR) is 150 cm³/mol. The van der Waals surface area contributed by atoms with E-state index in [4.69, 9.17) is 14.0 Å². The molecule has 3 rings (SSSR count). The van der Waals surface area contributed by atoms with E-state index in [-0.39, 0.29) is 30.7 Å². The summed E-state index contributed by atoms with van der Waals surface area (Å²) < 4.78 is 29.7. The van der Waals surface area contributed by atoms with Gasteiger partial charge < -0.3 is 24.4 Å². The average Bonchev–Trinajstić information content (AvgIpc) is 3.30. The van der Waals surface area contributed by atoms with Crippen LogP contribution in [0.5, 0.6) is 11.5 Å². The molecule has 1 heterocycles. The fourth-order valence-electron chi connectivity index (χ4n) is 4.60. The number of esters is 2. The topological polar surface area (TPSA) is 123 Å². The summed E-state index contributed by atoms with van der Waals surface area (Å²) in [5, 5.41) is 17.0. The van der Waals surface area contributed by atoms with Crippen molar-refractivity contribution in [1.29, 1.82) is 0 Å². The van der Waals surface area contributed by atoms with Crippen LogP contribution in [0.15, 0.2) is 42.0 Å². The molecule has 0 saturated heterocycles. The molecule has 0 spiro atoms. The van der Waals surface area contributed by atoms with E-state index in [0.29, 0.717) is 25.3 Å². The SMILES string of the molecule is CCOC(=O)C(C)NP(=O)(CCNC/C(C)=C/Cc1c(O)c2c(c(C)c1CC)COC2=O)Oc1ccccc1. The highest BCUT2D eigenvalue weighted by Gasteiger charge is 2.31. The van der Waals surface area contributed by atoms with Crippen molar-refractivity contribution in [3.05, 3.63) is 69.8 Å². The Kier molecular flexibility index (Phi) is 10.7. The van der Waals surface area contributed by atoms with Crippen LogP contribution < -0.4 is 14.9 Å². The number of benzene rings is 2. The normalized spacial score (nSPS) is 15.3. The first-order chi connectivity index (χ1) is 18.6. The number of ether oxygens (including phenoxy) is 2. The van der Waals surface area contributed by atoms with Gasteiger partial charge in [0.05, 0.1) is 12.8 Å². The van der Waals surface area contributed by atoms with Crippen LogP contribution in [0.3, 0.4) is 0 Å². The first kappa shape index (κ1) is 30.4. The molecule has 0 radical (unpaired) electrons. The minimum Gasteiger partial charge on any atom is -0.507 e. The van der Waals surface area contributed by atoms with Crippen molar-refractivity contribution in [3.8, 4) is 11.5 Å². The molecule has 2 atom stereocenters. The van der Waals surface area contributed by atoms with E-state index >= 15 is 0 Å². The smallest absolute Gasteiger partial charge is 0.342 e. The molecule has 0 saturated carbocycles. The van der Waals surface area contributed by atoms with Gasteiger partial charge >= 0.3 is 19.5 Å². The number of aromatic hydroxyl groups is 1. The maximum atomic E-state index is 13.7. The lowest BCUT2D eigenvalue weighted by Gasteiger charge is -2.23. The number of nitrogens with one attached hydrogen (secondary N) is 2. The van der Waals surface area contributed by atoms with E-state index in [1.165, 1.54) is 0 Å². The van der Waals surface area contributed by atoms with Crippen LogP contribution in [0.1, 0.15) is 60.3 Å². The van der Waals surface area contributed by atoms with Crippen LogP contribution in [0.25, 0.3) is 0 Å². The molecule has 0 fully saturated rings. The average molecular weight is 559 g/mol. The second-order valence-corrected chi connectivity index (χ2v) is 11.8. The number of cyclic esters (lactones) is 1. The molecule has 0 bridgehead atoms. The number of phenolic OH excluding ortho intramolecular Hbond substituents is 1. The highest BCUT2D eigenvalue weighted by molar-refractivity contribution is 7.57. The van der Waals surface area contributed by atoms with Gasteiger partial charge in [-0.05, 0) is 63.8 Å². The second-order valence-electron chi connectivity index (χ2n) is 9.55. The number of phenols is 1. The van der Waals surface area contributed by atoms with E-state index in [0.717, 1.165) is 34.2 Å². The Hall–Kier alpha value is -3.13. The Bertz CT molecular complexity index is 1260. The Morgan fingerprint density at radius 1 is 1.23 bits per heavy atom. The molecule has 2 aromatic rings. The number of hydrogen-bond donors (Lipinski definition) is 3. The minimum atomic E-state index is -3.44. The number of para-hydroxylation sites is 1. The third-order valence-electron chi connectivity index (χ3n) is 6.67.